The Balaban J connectivity index is 1.61. The molecule has 0 aliphatic rings. The van der Waals surface area contributed by atoms with Crippen molar-refractivity contribution in [2.75, 3.05) is 36.7 Å². The first-order chi connectivity index (χ1) is 18.7. The van der Waals surface area contributed by atoms with Gasteiger partial charge in [-0.3, -0.25) is 14.2 Å². The fourth-order valence-corrected chi connectivity index (χ4v) is 6.03. The first-order valence-corrected chi connectivity index (χ1v) is 14.5. The largest absolute Gasteiger partial charge is 0.462 e. The molecule has 0 aliphatic carbocycles. The van der Waals surface area contributed by atoms with Crippen LogP contribution in [0.4, 0.5) is 11.4 Å². The summed E-state index contributed by atoms with van der Waals surface area (Å²) in [5.41, 5.74) is 3.03. The third-order valence-corrected chi connectivity index (χ3v) is 8.41. The second-order valence-electron chi connectivity index (χ2n) is 8.96. The van der Waals surface area contributed by atoms with E-state index >= 15 is 0 Å². The molecule has 4 rings (SSSR count). The summed E-state index contributed by atoms with van der Waals surface area (Å²) in [6.45, 7) is 4.06. The Kier molecular flexibility index (Phi) is 9.32. The molecule has 0 saturated carbocycles. The number of rotatable bonds is 10. The van der Waals surface area contributed by atoms with E-state index in [1.165, 1.54) is 11.8 Å². The predicted octanol–water partition coefficient (Wildman–Crippen LogP) is 5.64. The predicted molar refractivity (Wildman–Crippen MR) is 160 cm³/mol. The quantitative estimate of drug-likeness (QED) is 0.146. The van der Waals surface area contributed by atoms with Crippen LogP contribution in [0.25, 0.3) is 10.2 Å². The van der Waals surface area contributed by atoms with Gasteiger partial charge in [0.25, 0.3) is 5.56 Å². The van der Waals surface area contributed by atoms with Crippen molar-refractivity contribution in [3.63, 3.8) is 0 Å². The van der Waals surface area contributed by atoms with Gasteiger partial charge in [-0.15, -0.1) is 11.3 Å². The average Bonchev–Trinajstić information content (AvgIpc) is 3.24. The SMILES string of the molecule is CCOC(=O)c1sc2nc(SCC(=O)Nc3ccc(N(C)C)cc3)n(CCc3ccc(Cl)cc3)c(=O)c2c1C. The normalized spacial score (nSPS) is 11.0. The van der Waals surface area contributed by atoms with Crippen LogP contribution < -0.4 is 15.8 Å². The molecule has 0 radical (unpaired) electrons. The molecule has 8 nitrogen and oxygen atoms in total. The standard InChI is InChI=1S/C28H29ClN4O4S2/c1-5-37-27(36)24-17(2)23-25(39-24)31-28(33(26(23)35)15-14-18-6-8-19(29)9-7-18)38-16-22(34)30-20-10-12-21(13-11-20)32(3)4/h6-13H,5,14-16H2,1-4H3,(H,30,34). The molecule has 1 amide bonds. The van der Waals surface area contributed by atoms with Crippen molar-refractivity contribution in [2.24, 2.45) is 0 Å². The minimum absolute atomic E-state index is 0.0589. The zero-order chi connectivity index (χ0) is 28.1. The first-order valence-electron chi connectivity index (χ1n) is 12.3. The van der Waals surface area contributed by atoms with Gasteiger partial charge >= 0.3 is 5.97 Å². The van der Waals surface area contributed by atoms with Crippen LogP contribution in [-0.2, 0) is 22.5 Å². The van der Waals surface area contributed by atoms with Gasteiger partial charge in [0.2, 0.25) is 5.91 Å². The van der Waals surface area contributed by atoms with E-state index < -0.39 is 5.97 Å². The number of nitrogens with zero attached hydrogens (tertiary/aromatic N) is 3. The lowest BCUT2D eigenvalue weighted by Gasteiger charge is -2.14. The molecule has 0 fully saturated rings. The Bertz CT molecular complexity index is 1550. The van der Waals surface area contributed by atoms with Crippen molar-refractivity contribution in [3.8, 4) is 0 Å². The molecule has 2 aromatic heterocycles. The number of hydrogen-bond donors (Lipinski definition) is 1. The molecule has 0 atom stereocenters. The number of thiophene rings is 1. The van der Waals surface area contributed by atoms with Crippen LogP contribution in [0.2, 0.25) is 5.02 Å². The highest BCUT2D eigenvalue weighted by molar-refractivity contribution is 7.99. The zero-order valence-electron chi connectivity index (χ0n) is 22.1. The van der Waals surface area contributed by atoms with Gasteiger partial charge in [0, 0.05) is 37.0 Å². The van der Waals surface area contributed by atoms with E-state index in [0.717, 1.165) is 22.6 Å². The van der Waals surface area contributed by atoms with Crippen molar-refractivity contribution in [2.45, 2.75) is 32.0 Å². The van der Waals surface area contributed by atoms with Crippen LogP contribution in [0.15, 0.2) is 58.5 Å². The van der Waals surface area contributed by atoms with Crippen LogP contribution in [0.3, 0.4) is 0 Å². The molecule has 39 heavy (non-hydrogen) atoms. The van der Waals surface area contributed by atoms with Crippen LogP contribution in [0, 0.1) is 6.92 Å². The monoisotopic (exact) mass is 584 g/mol. The number of benzene rings is 2. The minimum Gasteiger partial charge on any atom is -0.462 e. The smallest absolute Gasteiger partial charge is 0.348 e. The Morgan fingerprint density at radius 2 is 1.82 bits per heavy atom. The molecule has 2 aromatic carbocycles. The summed E-state index contributed by atoms with van der Waals surface area (Å²) >= 11 is 8.34. The van der Waals surface area contributed by atoms with E-state index in [1.807, 2.05) is 55.4 Å². The van der Waals surface area contributed by atoms with Gasteiger partial charge in [0.05, 0.1) is 17.7 Å². The second-order valence-corrected chi connectivity index (χ2v) is 11.3. The number of halogens is 1. The van der Waals surface area contributed by atoms with Gasteiger partial charge in [0.15, 0.2) is 5.16 Å². The van der Waals surface area contributed by atoms with Crippen LogP contribution in [0.5, 0.6) is 0 Å². The Hall–Kier alpha value is -3.34. The summed E-state index contributed by atoms with van der Waals surface area (Å²) < 4.78 is 6.75. The fraction of sp³-hybridized carbons (Fsp3) is 0.286. The molecule has 0 aliphatic heterocycles. The van der Waals surface area contributed by atoms with Crippen molar-refractivity contribution in [1.29, 1.82) is 0 Å². The van der Waals surface area contributed by atoms with Crippen LogP contribution in [0.1, 0.15) is 27.7 Å². The summed E-state index contributed by atoms with van der Waals surface area (Å²) in [7, 11) is 3.90. The number of anilines is 2. The molecule has 11 heteroatoms. The number of ether oxygens (including phenoxy) is 1. The van der Waals surface area contributed by atoms with E-state index in [9.17, 15) is 14.4 Å². The highest BCUT2D eigenvalue weighted by Crippen LogP contribution is 2.30. The van der Waals surface area contributed by atoms with E-state index in [0.29, 0.717) is 49.5 Å². The van der Waals surface area contributed by atoms with Gasteiger partial charge in [-0.25, -0.2) is 9.78 Å². The number of hydrogen-bond acceptors (Lipinski definition) is 8. The van der Waals surface area contributed by atoms with Crippen molar-refractivity contribution in [1.82, 2.24) is 9.55 Å². The molecule has 0 unspecified atom stereocenters. The lowest BCUT2D eigenvalue weighted by Crippen LogP contribution is -2.25. The molecule has 0 spiro atoms. The lowest BCUT2D eigenvalue weighted by molar-refractivity contribution is -0.113. The highest BCUT2D eigenvalue weighted by atomic mass is 35.5. The second kappa shape index (κ2) is 12.7. The number of fused-ring (bicyclic) bond motifs is 1. The third kappa shape index (κ3) is 6.81. The van der Waals surface area contributed by atoms with Gasteiger partial charge < -0.3 is 15.0 Å². The van der Waals surface area contributed by atoms with Crippen LogP contribution >= 0.6 is 34.7 Å². The van der Waals surface area contributed by atoms with Crippen molar-refractivity contribution in [3.05, 3.63) is 79.9 Å². The van der Waals surface area contributed by atoms with Gasteiger partial charge in [-0.2, -0.15) is 0 Å². The molecule has 4 aromatic rings. The Labute approximate surface area is 240 Å². The summed E-state index contributed by atoms with van der Waals surface area (Å²) in [6, 6.07) is 15.0. The molecule has 0 bridgehead atoms. The van der Waals surface area contributed by atoms with Crippen molar-refractivity contribution < 1.29 is 14.3 Å². The maximum absolute atomic E-state index is 13.7. The molecule has 1 N–H and O–H groups in total. The number of amides is 1. The molecule has 0 saturated heterocycles. The number of nitrogens with one attached hydrogen (secondary N) is 1. The molecule has 204 valence electrons. The Morgan fingerprint density at radius 1 is 1.13 bits per heavy atom. The number of thioether (sulfide) groups is 1. The molecule has 2 heterocycles. The number of aryl methyl sites for hydroxylation is 2. The molecular formula is C28H29ClN4O4S2. The number of aromatic nitrogens is 2. The average molecular weight is 585 g/mol. The van der Waals surface area contributed by atoms with Gasteiger partial charge in [0.1, 0.15) is 9.71 Å². The summed E-state index contributed by atoms with van der Waals surface area (Å²) in [5.74, 6) is -0.631. The lowest BCUT2D eigenvalue weighted by atomic mass is 10.1. The van der Waals surface area contributed by atoms with E-state index in [4.69, 9.17) is 21.3 Å². The maximum atomic E-state index is 13.7. The zero-order valence-corrected chi connectivity index (χ0v) is 24.5. The topological polar surface area (TPSA) is 93.5 Å². The van der Waals surface area contributed by atoms with Gasteiger partial charge in [-0.05, 0) is 67.8 Å². The minimum atomic E-state index is -0.473. The van der Waals surface area contributed by atoms with E-state index in [1.54, 1.807) is 30.5 Å². The fourth-order valence-electron chi connectivity index (χ4n) is 3.96. The number of carbonyl (C=O) groups excluding carboxylic acids is 2. The van der Waals surface area contributed by atoms with E-state index in [2.05, 4.69) is 5.32 Å². The summed E-state index contributed by atoms with van der Waals surface area (Å²) in [5, 5.41) is 4.34. The first kappa shape index (κ1) is 28.7. The van der Waals surface area contributed by atoms with Crippen molar-refractivity contribution >= 4 is 68.2 Å². The summed E-state index contributed by atoms with van der Waals surface area (Å²) in [4.78, 5) is 46.5. The summed E-state index contributed by atoms with van der Waals surface area (Å²) in [6.07, 6.45) is 0.566. The third-order valence-electron chi connectivity index (χ3n) is 6.01. The van der Waals surface area contributed by atoms with Gasteiger partial charge in [-0.1, -0.05) is 35.5 Å². The molecular weight excluding hydrogens is 556 g/mol. The maximum Gasteiger partial charge on any atom is 0.348 e. The number of esters is 1. The highest BCUT2D eigenvalue weighted by Gasteiger charge is 2.23. The van der Waals surface area contributed by atoms with E-state index in [-0.39, 0.29) is 23.8 Å². The number of carbonyl (C=O) groups is 2. The van der Waals surface area contributed by atoms with Crippen LogP contribution in [-0.4, -0.2) is 47.9 Å². The Morgan fingerprint density at radius 3 is 2.46 bits per heavy atom.